The third kappa shape index (κ3) is 3.10. The van der Waals surface area contributed by atoms with Crippen molar-refractivity contribution in [1.82, 2.24) is 9.47 Å². The average molecular weight is 408 g/mol. The number of piperidine rings is 1. The summed E-state index contributed by atoms with van der Waals surface area (Å²) in [7, 11) is 0. The maximum Gasteiger partial charge on any atom is 0.395 e. The Labute approximate surface area is 164 Å². The number of fused-ring (bicyclic) bond motifs is 3. The molecule has 2 aliphatic rings. The molecule has 2 aromatic carbocycles. The van der Waals surface area contributed by atoms with E-state index in [1.165, 1.54) is 24.3 Å². The zero-order valence-electron chi connectivity index (χ0n) is 15.8. The van der Waals surface area contributed by atoms with Crippen molar-refractivity contribution >= 4 is 21.8 Å². The Bertz CT molecular complexity index is 1020. The monoisotopic (exact) mass is 408 g/mol. The highest BCUT2D eigenvalue weighted by Crippen LogP contribution is 2.58. The van der Waals surface area contributed by atoms with Gasteiger partial charge in [-0.25, -0.2) is 8.78 Å². The van der Waals surface area contributed by atoms with Crippen LogP contribution in [-0.4, -0.2) is 35.3 Å². The highest BCUT2D eigenvalue weighted by atomic mass is 19.4. The van der Waals surface area contributed by atoms with E-state index in [1.54, 1.807) is 12.1 Å². The van der Waals surface area contributed by atoms with Crippen LogP contribution >= 0.6 is 0 Å². The quantitative estimate of drug-likeness (QED) is 0.479. The predicted octanol–water partition coefficient (Wildman–Crippen LogP) is 6.05. The molecule has 5 rings (SSSR count). The smallest absolute Gasteiger partial charge is 0.336 e. The molecule has 2 fully saturated rings. The van der Waals surface area contributed by atoms with Crippen molar-refractivity contribution in [2.45, 2.75) is 37.9 Å². The standard InChI is InChI=1S/C22H21F5N2/c23-14-3-5-19-17(10-14)18-11-15(24)4-6-20(18)29(19)16-2-1-9-28(12-16)13-21(7-8-21)22(25,26)27/h3-6,10-11,16H,1-2,7-9,12-13H2/t16-/m0/s1. The van der Waals surface area contributed by atoms with Gasteiger partial charge >= 0.3 is 6.18 Å². The Kier molecular flexibility index (Phi) is 4.18. The van der Waals surface area contributed by atoms with Crippen LogP contribution < -0.4 is 0 Å². The fourth-order valence-corrected chi connectivity index (χ4v) is 4.89. The zero-order valence-corrected chi connectivity index (χ0v) is 15.8. The molecular weight excluding hydrogens is 387 g/mol. The molecule has 7 heteroatoms. The number of halogens is 5. The maximum absolute atomic E-state index is 13.9. The molecule has 1 aliphatic heterocycles. The van der Waals surface area contributed by atoms with Gasteiger partial charge in [0.15, 0.2) is 0 Å². The van der Waals surface area contributed by atoms with Gasteiger partial charge in [0.25, 0.3) is 0 Å². The van der Waals surface area contributed by atoms with Gasteiger partial charge in [0.2, 0.25) is 0 Å². The van der Waals surface area contributed by atoms with Crippen molar-refractivity contribution in [1.29, 1.82) is 0 Å². The van der Waals surface area contributed by atoms with E-state index >= 15 is 0 Å². The molecule has 29 heavy (non-hydrogen) atoms. The Morgan fingerprint density at radius 1 is 0.931 bits per heavy atom. The SMILES string of the molecule is Fc1ccc2c(c1)c1cc(F)ccc1n2[C@H]1CCCN(CC2(C(F)(F)F)CC2)C1. The number of benzene rings is 2. The fraction of sp³-hybridized carbons (Fsp3) is 0.455. The van der Waals surface area contributed by atoms with Crippen LogP contribution in [0.25, 0.3) is 21.8 Å². The van der Waals surface area contributed by atoms with Crippen LogP contribution in [0.15, 0.2) is 36.4 Å². The van der Waals surface area contributed by atoms with Crippen molar-refractivity contribution in [3.8, 4) is 0 Å². The number of alkyl halides is 3. The van der Waals surface area contributed by atoms with Gasteiger partial charge in [-0.2, -0.15) is 13.2 Å². The average Bonchev–Trinajstić information content (AvgIpc) is 3.39. The van der Waals surface area contributed by atoms with Crippen molar-refractivity contribution in [3.63, 3.8) is 0 Å². The van der Waals surface area contributed by atoms with Gasteiger partial charge in [-0.15, -0.1) is 0 Å². The van der Waals surface area contributed by atoms with Crippen LogP contribution in [0, 0.1) is 17.0 Å². The Morgan fingerprint density at radius 3 is 2.03 bits per heavy atom. The van der Waals surface area contributed by atoms with Gasteiger partial charge in [-0.3, -0.25) is 0 Å². The van der Waals surface area contributed by atoms with Gasteiger partial charge in [0.1, 0.15) is 11.6 Å². The van der Waals surface area contributed by atoms with E-state index < -0.39 is 23.2 Å². The zero-order chi connectivity index (χ0) is 20.4. The molecule has 0 spiro atoms. The highest BCUT2D eigenvalue weighted by molar-refractivity contribution is 6.08. The molecule has 1 atom stereocenters. The van der Waals surface area contributed by atoms with Crippen LogP contribution in [0.2, 0.25) is 0 Å². The van der Waals surface area contributed by atoms with Crippen LogP contribution in [0.1, 0.15) is 31.7 Å². The number of hydrogen-bond donors (Lipinski definition) is 0. The number of rotatable bonds is 3. The van der Waals surface area contributed by atoms with Gasteiger partial charge in [-0.05, 0) is 68.6 Å². The molecule has 0 amide bonds. The molecule has 1 aliphatic carbocycles. The number of hydrogen-bond acceptors (Lipinski definition) is 1. The summed E-state index contributed by atoms with van der Waals surface area (Å²) < 4.78 is 70.0. The second kappa shape index (κ2) is 6.42. The van der Waals surface area contributed by atoms with E-state index in [1.807, 2.05) is 4.90 Å². The summed E-state index contributed by atoms with van der Waals surface area (Å²) in [6.07, 6.45) is -2.15. The van der Waals surface area contributed by atoms with E-state index in [-0.39, 0.29) is 25.4 Å². The van der Waals surface area contributed by atoms with Crippen molar-refractivity contribution in [3.05, 3.63) is 48.0 Å². The molecule has 0 radical (unpaired) electrons. The highest BCUT2D eigenvalue weighted by Gasteiger charge is 2.63. The minimum absolute atomic E-state index is 0.0351. The Morgan fingerprint density at radius 2 is 1.52 bits per heavy atom. The van der Waals surface area contributed by atoms with Crippen LogP contribution in [0.5, 0.6) is 0 Å². The molecule has 0 bridgehead atoms. The largest absolute Gasteiger partial charge is 0.395 e. The number of aromatic nitrogens is 1. The molecule has 154 valence electrons. The summed E-state index contributed by atoms with van der Waals surface area (Å²) in [5.74, 6) is -0.793. The van der Waals surface area contributed by atoms with Crippen molar-refractivity contribution in [2.75, 3.05) is 19.6 Å². The lowest BCUT2D eigenvalue weighted by molar-refractivity contribution is -0.192. The number of nitrogens with zero attached hydrogens (tertiary/aromatic N) is 2. The lowest BCUT2D eigenvalue weighted by Gasteiger charge is -2.37. The minimum atomic E-state index is -4.16. The molecule has 1 saturated heterocycles. The third-order valence-electron chi connectivity index (χ3n) is 6.55. The lowest BCUT2D eigenvalue weighted by Crippen LogP contribution is -2.43. The molecular formula is C22H21F5N2. The summed E-state index contributed by atoms with van der Waals surface area (Å²) >= 11 is 0. The minimum Gasteiger partial charge on any atom is -0.336 e. The van der Waals surface area contributed by atoms with Gasteiger partial charge in [0.05, 0.1) is 5.41 Å². The van der Waals surface area contributed by atoms with E-state index in [4.69, 9.17) is 0 Å². The first kappa shape index (κ1) is 18.9. The molecule has 2 nitrogen and oxygen atoms in total. The molecule has 3 aromatic rings. The van der Waals surface area contributed by atoms with Gasteiger partial charge in [-0.1, -0.05) is 0 Å². The van der Waals surface area contributed by atoms with Gasteiger partial charge < -0.3 is 9.47 Å². The van der Waals surface area contributed by atoms with Crippen molar-refractivity contribution < 1.29 is 22.0 Å². The van der Waals surface area contributed by atoms with Crippen LogP contribution in [-0.2, 0) is 0 Å². The summed E-state index contributed by atoms with van der Waals surface area (Å²) in [6.45, 7) is 1.19. The van der Waals surface area contributed by atoms with E-state index in [9.17, 15) is 22.0 Å². The molecule has 1 aromatic heterocycles. The number of likely N-dealkylation sites (tertiary alicyclic amines) is 1. The second-order valence-electron chi connectivity index (χ2n) is 8.50. The summed E-state index contributed by atoms with van der Waals surface area (Å²) in [4.78, 5) is 1.92. The third-order valence-corrected chi connectivity index (χ3v) is 6.55. The topological polar surface area (TPSA) is 8.17 Å². The molecule has 2 heterocycles. The van der Waals surface area contributed by atoms with Gasteiger partial charge in [0, 0.05) is 40.9 Å². The summed E-state index contributed by atoms with van der Waals surface area (Å²) in [5, 5.41) is 1.26. The maximum atomic E-state index is 13.9. The fourth-order valence-electron chi connectivity index (χ4n) is 4.89. The Hall–Kier alpha value is -2.15. The summed E-state index contributed by atoms with van der Waals surface area (Å²) in [6, 6.07) is 8.87. The first-order chi connectivity index (χ1) is 13.8. The molecule has 1 saturated carbocycles. The molecule has 0 N–H and O–H groups in total. The first-order valence-corrected chi connectivity index (χ1v) is 9.95. The lowest BCUT2D eigenvalue weighted by atomic mass is 10.0. The predicted molar refractivity (Wildman–Crippen MR) is 102 cm³/mol. The van der Waals surface area contributed by atoms with Crippen LogP contribution in [0.4, 0.5) is 22.0 Å². The molecule has 0 unspecified atom stereocenters. The Balaban J connectivity index is 1.53. The van der Waals surface area contributed by atoms with E-state index in [0.29, 0.717) is 23.9 Å². The first-order valence-electron chi connectivity index (χ1n) is 9.95. The van der Waals surface area contributed by atoms with E-state index in [0.717, 1.165) is 23.9 Å². The van der Waals surface area contributed by atoms with Crippen LogP contribution in [0.3, 0.4) is 0 Å². The normalized spacial score (nSPS) is 22.4. The second-order valence-corrected chi connectivity index (χ2v) is 8.50. The van der Waals surface area contributed by atoms with Crippen molar-refractivity contribution in [2.24, 2.45) is 5.41 Å². The summed E-state index contributed by atoms with van der Waals surface area (Å²) in [5.41, 5.74) is 0.0220. The van der Waals surface area contributed by atoms with E-state index in [2.05, 4.69) is 4.57 Å².